The molecule has 0 N–H and O–H groups in total. The Kier molecular flexibility index (Phi) is 34.4. The summed E-state index contributed by atoms with van der Waals surface area (Å²) in [5.74, 6) is -0.505. The van der Waals surface area contributed by atoms with Gasteiger partial charge in [-0.15, -0.1) is 0 Å². The summed E-state index contributed by atoms with van der Waals surface area (Å²) in [6, 6.07) is 0. The first-order valence-corrected chi connectivity index (χ1v) is 18.3. The minimum Gasteiger partial charge on any atom is -0.462 e. The number of carbonyl (C=O) groups excluding carboxylic acids is 2. The summed E-state index contributed by atoms with van der Waals surface area (Å²) < 4.78 is 10.7. The molecule has 0 aliphatic heterocycles. The van der Waals surface area contributed by atoms with Crippen molar-refractivity contribution < 1.29 is 19.1 Å². The van der Waals surface area contributed by atoms with E-state index >= 15 is 0 Å². The van der Waals surface area contributed by atoms with E-state index in [-0.39, 0.29) is 18.5 Å². The van der Waals surface area contributed by atoms with Crippen molar-refractivity contribution in [3.8, 4) is 0 Å². The molecule has 0 aliphatic rings. The van der Waals surface area contributed by atoms with E-state index in [0.717, 1.165) is 70.6 Å². The Labute approximate surface area is 288 Å². The number of unbranched alkanes of at least 4 members (excludes halogenated alkanes) is 5. The molecular formula is C43H66O4. The van der Waals surface area contributed by atoms with Crippen LogP contribution in [0.3, 0.4) is 0 Å². The summed E-state index contributed by atoms with van der Waals surface area (Å²) in [5, 5.41) is 0. The van der Waals surface area contributed by atoms with Crippen LogP contribution in [-0.4, -0.2) is 24.6 Å². The molecule has 0 spiro atoms. The fourth-order valence-electron chi connectivity index (χ4n) is 4.26. The highest BCUT2D eigenvalue weighted by molar-refractivity contribution is 5.70. The summed E-state index contributed by atoms with van der Waals surface area (Å²) in [4.78, 5) is 24.1. The number of ether oxygens (including phenoxy) is 2. The maximum absolute atomic E-state index is 12.1. The van der Waals surface area contributed by atoms with Gasteiger partial charge in [0.1, 0.15) is 12.7 Å². The van der Waals surface area contributed by atoms with Crippen molar-refractivity contribution in [1.82, 2.24) is 0 Å². The van der Waals surface area contributed by atoms with Crippen LogP contribution in [0.15, 0.2) is 109 Å². The minimum absolute atomic E-state index is 0.0965. The van der Waals surface area contributed by atoms with Gasteiger partial charge in [0.05, 0.1) is 0 Å². The van der Waals surface area contributed by atoms with Crippen LogP contribution in [-0.2, 0) is 19.1 Å². The van der Waals surface area contributed by atoms with Gasteiger partial charge < -0.3 is 9.47 Å². The molecule has 0 bridgehead atoms. The third-order valence-corrected chi connectivity index (χ3v) is 6.94. The van der Waals surface area contributed by atoms with Gasteiger partial charge in [-0.2, -0.15) is 0 Å². The third kappa shape index (κ3) is 36.9. The van der Waals surface area contributed by atoms with Crippen LogP contribution >= 0.6 is 0 Å². The molecule has 0 radical (unpaired) electrons. The third-order valence-electron chi connectivity index (χ3n) is 6.94. The molecule has 4 heteroatoms. The predicted molar refractivity (Wildman–Crippen MR) is 203 cm³/mol. The van der Waals surface area contributed by atoms with Gasteiger partial charge in [-0.3, -0.25) is 9.59 Å². The number of hydrogen-bond acceptors (Lipinski definition) is 4. The van der Waals surface area contributed by atoms with E-state index in [9.17, 15) is 9.59 Å². The first-order chi connectivity index (χ1) is 23.1. The molecule has 0 fully saturated rings. The topological polar surface area (TPSA) is 52.6 Å². The molecule has 0 aromatic carbocycles. The Bertz CT molecular complexity index is 1000. The van der Waals surface area contributed by atoms with Gasteiger partial charge in [-0.25, -0.2) is 0 Å². The van der Waals surface area contributed by atoms with Crippen molar-refractivity contribution in [3.05, 3.63) is 109 Å². The van der Waals surface area contributed by atoms with Gasteiger partial charge in [0, 0.05) is 12.8 Å². The predicted octanol–water partition coefficient (Wildman–Crippen LogP) is 12.5. The highest BCUT2D eigenvalue weighted by Gasteiger charge is 2.11. The van der Waals surface area contributed by atoms with Crippen molar-refractivity contribution in [2.45, 2.75) is 142 Å². The molecule has 0 heterocycles. The van der Waals surface area contributed by atoms with Gasteiger partial charge in [0.15, 0.2) is 0 Å². The normalized spacial score (nSPS) is 13.5. The monoisotopic (exact) mass is 646 g/mol. The fourth-order valence-corrected chi connectivity index (χ4v) is 4.26. The lowest BCUT2D eigenvalue weighted by Gasteiger charge is -2.13. The van der Waals surface area contributed by atoms with Gasteiger partial charge in [0.25, 0.3) is 0 Å². The average Bonchev–Trinajstić information content (AvgIpc) is 3.06. The van der Waals surface area contributed by atoms with Gasteiger partial charge in [-0.05, 0) is 96.8 Å². The zero-order valence-electron chi connectivity index (χ0n) is 30.0. The number of carbonyl (C=O) groups is 2. The van der Waals surface area contributed by atoms with Gasteiger partial charge >= 0.3 is 11.9 Å². The van der Waals surface area contributed by atoms with E-state index in [1.54, 1.807) is 6.92 Å². The maximum Gasteiger partial charge on any atom is 0.306 e. The van der Waals surface area contributed by atoms with Crippen LogP contribution in [0, 0.1) is 0 Å². The Morgan fingerprint density at radius 1 is 0.468 bits per heavy atom. The molecule has 4 nitrogen and oxygen atoms in total. The fraction of sp³-hybridized carbons (Fsp3) is 0.535. The maximum atomic E-state index is 12.1. The molecule has 262 valence electrons. The lowest BCUT2D eigenvalue weighted by molar-refractivity contribution is -0.158. The van der Waals surface area contributed by atoms with Gasteiger partial charge in [0.2, 0.25) is 0 Å². The van der Waals surface area contributed by atoms with Crippen molar-refractivity contribution in [2.24, 2.45) is 0 Å². The largest absolute Gasteiger partial charge is 0.462 e. The standard InChI is InChI=1S/C43H66O4/c1-4-6-8-10-12-14-16-18-20-21-22-23-25-26-28-30-32-34-36-38-42(44)46-40-41(3)47-43(45)39-37-35-33-31-29-27-24-19-17-15-13-11-9-7-5-2/h6,8,12-15,18-20,22-24,26,28-29,31-32,34,41H,4-5,7,9-11,16-17,21,25,27,30,33,35-40H2,1-3H3/b8-6-,14-12-,15-13-,20-18-,23-22-,24-19-,28-26-,31-29-,34-32-/t41-/m0/s1. The van der Waals surface area contributed by atoms with Crippen molar-refractivity contribution >= 4 is 11.9 Å². The van der Waals surface area contributed by atoms with Crippen molar-refractivity contribution in [2.75, 3.05) is 6.61 Å². The second-order valence-electron chi connectivity index (χ2n) is 11.6. The summed E-state index contributed by atoms with van der Waals surface area (Å²) in [6.07, 6.45) is 55.7. The first kappa shape index (κ1) is 43.6. The number of esters is 2. The Balaban J connectivity index is 3.71. The Morgan fingerprint density at radius 2 is 0.872 bits per heavy atom. The van der Waals surface area contributed by atoms with Crippen molar-refractivity contribution in [1.29, 1.82) is 0 Å². The van der Waals surface area contributed by atoms with Crippen LogP contribution in [0.5, 0.6) is 0 Å². The van der Waals surface area contributed by atoms with E-state index in [0.29, 0.717) is 19.3 Å². The molecular weight excluding hydrogens is 580 g/mol. The Hall–Kier alpha value is -3.40. The highest BCUT2D eigenvalue weighted by atomic mass is 16.6. The lowest BCUT2D eigenvalue weighted by Crippen LogP contribution is -2.22. The van der Waals surface area contributed by atoms with E-state index in [1.165, 1.54) is 25.7 Å². The lowest BCUT2D eigenvalue weighted by atomic mass is 10.1. The molecule has 0 saturated carbocycles. The molecule has 0 rings (SSSR count). The summed E-state index contributed by atoms with van der Waals surface area (Å²) >= 11 is 0. The van der Waals surface area contributed by atoms with Crippen LogP contribution in [0.2, 0.25) is 0 Å². The molecule has 47 heavy (non-hydrogen) atoms. The second-order valence-corrected chi connectivity index (χ2v) is 11.6. The van der Waals surface area contributed by atoms with E-state index in [4.69, 9.17) is 9.47 Å². The van der Waals surface area contributed by atoms with Crippen LogP contribution in [0.1, 0.15) is 136 Å². The quantitative estimate of drug-likeness (QED) is 0.0443. The summed E-state index contributed by atoms with van der Waals surface area (Å²) in [7, 11) is 0. The molecule has 0 amide bonds. The second kappa shape index (κ2) is 37.1. The number of allylic oxidation sites excluding steroid dienone is 18. The number of rotatable bonds is 30. The molecule has 0 saturated heterocycles. The van der Waals surface area contributed by atoms with Crippen LogP contribution in [0.4, 0.5) is 0 Å². The molecule has 1 atom stereocenters. The minimum atomic E-state index is -0.435. The SMILES string of the molecule is CC/C=C\C/C=C\C/C=C\C/C=C\C/C=C\C/C=C\CCC(=O)OC[C@H](C)OC(=O)CCCC/C=C\C/C=C\C/C=C\CCCCC. The molecule has 0 aromatic heterocycles. The summed E-state index contributed by atoms with van der Waals surface area (Å²) in [6.45, 7) is 6.24. The number of hydrogen-bond donors (Lipinski definition) is 0. The highest BCUT2D eigenvalue weighted by Crippen LogP contribution is 2.06. The van der Waals surface area contributed by atoms with E-state index in [1.807, 2.05) is 6.08 Å². The summed E-state index contributed by atoms with van der Waals surface area (Å²) in [5.41, 5.74) is 0. The zero-order chi connectivity index (χ0) is 34.3. The Morgan fingerprint density at radius 3 is 1.32 bits per heavy atom. The van der Waals surface area contributed by atoms with Crippen molar-refractivity contribution in [3.63, 3.8) is 0 Å². The van der Waals surface area contributed by atoms with Crippen LogP contribution in [0.25, 0.3) is 0 Å². The average molecular weight is 647 g/mol. The zero-order valence-corrected chi connectivity index (χ0v) is 30.0. The first-order valence-electron chi connectivity index (χ1n) is 18.3. The van der Waals surface area contributed by atoms with Gasteiger partial charge in [-0.1, -0.05) is 136 Å². The van der Waals surface area contributed by atoms with E-state index in [2.05, 4.69) is 117 Å². The van der Waals surface area contributed by atoms with E-state index < -0.39 is 6.10 Å². The smallest absolute Gasteiger partial charge is 0.306 e. The molecule has 0 aliphatic carbocycles. The van der Waals surface area contributed by atoms with Crippen LogP contribution < -0.4 is 0 Å². The molecule has 0 aromatic rings. The molecule has 0 unspecified atom stereocenters.